The number of fused-ring (bicyclic) bond motifs is 1. The van der Waals surface area contributed by atoms with Crippen molar-refractivity contribution in [1.82, 2.24) is 4.57 Å². The number of hydrogen-bond donors (Lipinski definition) is 2. The summed E-state index contributed by atoms with van der Waals surface area (Å²) in [7, 11) is 1.35. The minimum atomic E-state index is -1.27. The number of benzene rings is 3. The molecule has 0 aliphatic carbocycles. The Hall–Kier alpha value is -4.71. The van der Waals surface area contributed by atoms with E-state index in [0.29, 0.717) is 5.69 Å². The first-order valence-electron chi connectivity index (χ1n) is 11.7. The van der Waals surface area contributed by atoms with E-state index in [1.54, 1.807) is 30.3 Å². The normalized spacial score (nSPS) is 12.3. The molecule has 0 aliphatic heterocycles. The van der Waals surface area contributed by atoms with Gasteiger partial charge in [-0.2, -0.15) is 0 Å². The zero-order chi connectivity index (χ0) is 25.5. The van der Waals surface area contributed by atoms with E-state index in [1.807, 2.05) is 36.5 Å². The topological polar surface area (TPSA) is 83.7 Å². The number of nitrogens with one attached hydrogen (secondary N) is 1. The number of allylic oxidation sites excluding steroid dienone is 2. The number of anilines is 1. The van der Waals surface area contributed by atoms with Gasteiger partial charge in [-0.15, -0.1) is 0 Å². The maximum absolute atomic E-state index is 12.9. The van der Waals surface area contributed by atoms with Crippen LogP contribution in [0.2, 0.25) is 0 Å². The Morgan fingerprint density at radius 2 is 1.75 bits per heavy atom. The van der Waals surface area contributed by atoms with Crippen LogP contribution in [0.1, 0.15) is 18.1 Å². The molecule has 1 amide bonds. The Labute approximate surface area is 209 Å². The number of aliphatic carboxylic acids is 1. The van der Waals surface area contributed by atoms with Crippen LogP contribution in [0.15, 0.2) is 108 Å². The van der Waals surface area contributed by atoms with Gasteiger partial charge in [-0.05, 0) is 66.1 Å². The van der Waals surface area contributed by atoms with Crippen LogP contribution >= 0.6 is 0 Å². The molecule has 0 radical (unpaired) electrons. The van der Waals surface area contributed by atoms with Gasteiger partial charge in [-0.25, -0.2) is 4.79 Å². The molecule has 6 heteroatoms. The van der Waals surface area contributed by atoms with E-state index in [9.17, 15) is 14.7 Å². The second kappa shape index (κ2) is 11.1. The van der Waals surface area contributed by atoms with Crippen molar-refractivity contribution >= 4 is 40.3 Å². The maximum atomic E-state index is 12.9. The Morgan fingerprint density at radius 1 is 1.00 bits per heavy atom. The molecular weight excluding hydrogens is 450 g/mol. The van der Waals surface area contributed by atoms with Crippen molar-refractivity contribution in [2.45, 2.75) is 13.3 Å². The number of carboxylic acids is 1. The predicted octanol–water partition coefficient (Wildman–Crippen LogP) is 5.93. The summed E-state index contributed by atoms with van der Waals surface area (Å²) >= 11 is 0. The Kier molecular flexibility index (Phi) is 7.56. The number of rotatable bonds is 8. The average Bonchev–Trinajstić information content (AvgIpc) is 3.32. The Balaban J connectivity index is 1.60. The number of aliphatic imine (C=N–C) groups is 1. The number of hydrogen-bond acceptors (Lipinski definition) is 3. The first-order valence-corrected chi connectivity index (χ1v) is 11.7. The molecule has 2 N–H and O–H groups in total. The summed E-state index contributed by atoms with van der Waals surface area (Å²) in [6.45, 7) is 2.14. The fourth-order valence-electron chi connectivity index (χ4n) is 3.95. The van der Waals surface area contributed by atoms with Gasteiger partial charge in [0, 0.05) is 30.0 Å². The van der Waals surface area contributed by atoms with E-state index in [1.165, 1.54) is 18.7 Å². The van der Waals surface area contributed by atoms with Crippen LogP contribution < -0.4 is 5.32 Å². The van der Waals surface area contributed by atoms with Crippen molar-refractivity contribution in [2.75, 3.05) is 12.4 Å². The van der Waals surface area contributed by atoms with Crippen molar-refractivity contribution < 1.29 is 14.7 Å². The van der Waals surface area contributed by atoms with Crippen LogP contribution in [0.3, 0.4) is 0 Å². The van der Waals surface area contributed by atoms with Gasteiger partial charge in [0.25, 0.3) is 5.91 Å². The van der Waals surface area contributed by atoms with Crippen LogP contribution in [-0.2, 0) is 16.0 Å². The summed E-state index contributed by atoms with van der Waals surface area (Å²) in [5, 5.41) is 13.3. The zero-order valence-electron chi connectivity index (χ0n) is 20.2. The minimum Gasteiger partial charge on any atom is -0.477 e. The SMILES string of the molecule is CCc1ccc(-n2ccc3cc(/C=C/C=C(\C(=O)Nc4ccccc4)C(=NC)C(=O)O)ccc32)cc1. The molecule has 0 spiro atoms. The number of amides is 1. The molecule has 4 rings (SSSR count). The standard InChI is InChI=1S/C30H27N3O3/c1-3-21-12-15-25(16-13-21)33-19-18-23-20-22(14-17-27(23)33)8-7-11-26(28(31-2)30(35)36)29(34)32-24-9-5-4-6-10-24/h4-20H,3H2,1-2H3,(H,32,34)(H,35,36)/b8-7+,26-11-,31-28?. The van der Waals surface area contributed by atoms with E-state index >= 15 is 0 Å². The minimum absolute atomic E-state index is 0.0344. The van der Waals surface area contributed by atoms with Crippen LogP contribution in [-0.4, -0.2) is 34.3 Å². The molecule has 0 unspecified atom stereocenters. The number of aromatic nitrogens is 1. The van der Waals surface area contributed by atoms with Crippen LogP contribution in [0, 0.1) is 0 Å². The number of aryl methyl sites for hydroxylation is 1. The van der Waals surface area contributed by atoms with Crippen LogP contribution in [0.4, 0.5) is 5.69 Å². The number of para-hydroxylation sites is 1. The Morgan fingerprint density at radius 3 is 2.42 bits per heavy atom. The lowest BCUT2D eigenvalue weighted by Gasteiger charge is -2.08. The lowest BCUT2D eigenvalue weighted by atomic mass is 10.1. The summed E-state index contributed by atoms with van der Waals surface area (Å²) in [5.74, 6) is -1.81. The van der Waals surface area contributed by atoms with Gasteiger partial charge in [0.05, 0.1) is 11.1 Å². The van der Waals surface area contributed by atoms with Crippen molar-refractivity contribution in [3.63, 3.8) is 0 Å². The highest BCUT2D eigenvalue weighted by Crippen LogP contribution is 2.23. The summed E-state index contributed by atoms with van der Waals surface area (Å²) in [4.78, 5) is 28.3. The van der Waals surface area contributed by atoms with E-state index in [0.717, 1.165) is 28.6 Å². The van der Waals surface area contributed by atoms with Crippen molar-refractivity contribution in [2.24, 2.45) is 4.99 Å². The molecular formula is C30H27N3O3. The highest BCUT2D eigenvalue weighted by Gasteiger charge is 2.21. The lowest BCUT2D eigenvalue weighted by molar-refractivity contribution is -0.129. The molecule has 3 aromatic carbocycles. The fraction of sp³-hybridized carbons (Fsp3) is 0.100. The predicted molar refractivity (Wildman–Crippen MR) is 146 cm³/mol. The van der Waals surface area contributed by atoms with Gasteiger partial charge in [0.15, 0.2) is 5.71 Å². The molecule has 6 nitrogen and oxygen atoms in total. The second-order valence-electron chi connectivity index (χ2n) is 8.16. The van der Waals surface area contributed by atoms with Crippen molar-refractivity contribution in [3.8, 4) is 5.69 Å². The van der Waals surface area contributed by atoms with Gasteiger partial charge in [0.1, 0.15) is 0 Å². The van der Waals surface area contributed by atoms with Gasteiger partial charge < -0.3 is 15.0 Å². The smallest absolute Gasteiger partial charge is 0.354 e. The Bertz CT molecular complexity index is 1480. The number of carbonyl (C=O) groups excluding carboxylic acids is 1. The van der Waals surface area contributed by atoms with E-state index in [4.69, 9.17) is 0 Å². The third kappa shape index (κ3) is 5.50. The van der Waals surface area contributed by atoms with Crippen LogP contribution in [0.25, 0.3) is 22.7 Å². The highest BCUT2D eigenvalue weighted by molar-refractivity contribution is 6.49. The molecule has 1 heterocycles. The summed E-state index contributed by atoms with van der Waals surface area (Å²) < 4.78 is 2.14. The molecule has 0 fully saturated rings. The number of carbonyl (C=O) groups is 2. The maximum Gasteiger partial charge on any atom is 0.354 e. The zero-order valence-corrected chi connectivity index (χ0v) is 20.2. The number of carboxylic acid groups (broad SMARTS) is 1. The fourth-order valence-corrected chi connectivity index (χ4v) is 3.95. The molecule has 0 saturated heterocycles. The molecule has 0 bridgehead atoms. The third-order valence-corrected chi connectivity index (χ3v) is 5.85. The molecule has 36 heavy (non-hydrogen) atoms. The molecule has 0 atom stereocenters. The van der Waals surface area contributed by atoms with Gasteiger partial charge in [-0.3, -0.25) is 9.79 Å². The van der Waals surface area contributed by atoms with Gasteiger partial charge >= 0.3 is 5.97 Å². The quantitative estimate of drug-likeness (QED) is 0.188. The molecule has 0 saturated carbocycles. The van der Waals surface area contributed by atoms with E-state index in [2.05, 4.69) is 52.1 Å². The second-order valence-corrected chi connectivity index (χ2v) is 8.16. The van der Waals surface area contributed by atoms with Crippen LogP contribution in [0.5, 0.6) is 0 Å². The van der Waals surface area contributed by atoms with E-state index in [-0.39, 0.29) is 11.3 Å². The van der Waals surface area contributed by atoms with Gasteiger partial charge in [0.2, 0.25) is 0 Å². The first kappa shape index (κ1) is 24.4. The average molecular weight is 478 g/mol. The largest absolute Gasteiger partial charge is 0.477 e. The summed E-state index contributed by atoms with van der Waals surface area (Å²) in [6.07, 6.45) is 8.01. The molecule has 1 aromatic heterocycles. The third-order valence-electron chi connectivity index (χ3n) is 5.85. The van der Waals surface area contributed by atoms with Gasteiger partial charge in [-0.1, -0.05) is 55.5 Å². The molecule has 4 aromatic rings. The highest BCUT2D eigenvalue weighted by atomic mass is 16.4. The molecule has 180 valence electrons. The molecule has 0 aliphatic rings. The summed E-state index contributed by atoms with van der Waals surface area (Å²) in [5.41, 5.74) is 4.63. The monoisotopic (exact) mass is 477 g/mol. The van der Waals surface area contributed by atoms with Crippen molar-refractivity contribution in [3.05, 3.63) is 114 Å². The first-order chi connectivity index (χ1) is 17.5. The lowest BCUT2D eigenvalue weighted by Crippen LogP contribution is -2.26. The van der Waals surface area contributed by atoms with Crippen molar-refractivity contribution in [1.29, 1.82) is 0 Å². The van der Waals surface area contributed by atoms with E-state index < -0.39 is 11.9 Å². The summed E-state index contributed by atoms with van der Waals surface area (Å²) in [6, 6.07) is 25.5. The number of nitrogens with zero attached hydrogens (tertiary/aromatic N) is 2.